The van der Waals surface area contributed by atoms with Crippen LogP contribution < -0.4 is 0 Å². The minimum atomic E-state index is -3.52. The van der Waals surface area contributed by atoms with E-state index in [0.717, 1.165) is 17.9 Å². The van der Waals surface area contributed by atoms with Gasteiger partial charge in [0, 0.05) is 18.8 Å². The van der Waals surface area contributed by atoms with Crippen molar-refractivity contribution in [3.63, 3.8) is 0 Å². The summed E-state index contributed by atoms with van der Waals surface area (Å²) in [5.41, 5.74) is 0. The van der Waals surface area contributed by atoms with Gasteiger partial charge in [-0.1, -0.05) is 0 Å². The van der Waals surface area contributed by atoms with Crippen LogP contribution in [0.25, 0.3) is 0 Å². The van der Waals surface area contributed by atoms with E-state index in [1.165, 1.54) is 10.4 Å². The summed E-state index contributed by atoms with van der Waals surface area (Å²) in [5.74, 6) is 2.51. The third-order valence-electron chi connectivity index (χ3n) is 2.82. The second-order valence-electron chi connectivity index (χ2n) is 3.89. The molecule has 1 aromatic heterocycles. The second-order valence-corrected chi connectivity index (χ2v) is 7.24. The molecule has 0 spiro atoms. The highest BCUT2D eigenvalue weighted by molar-refractivity contribution is 7.99. The Morgan fingerprint density at radius 1 is 1.59 bits per heavy atom. The van der Waals surface area contributed by atoms with Crippen molar-refractivity contribution >= 4 is 33.4 Å². The van der Waals surface area contributed by atoms with Crippen LogP contribution in [-0.2, 0) is 15.9 Å². The van der Waals surface area contributed by atoms with Gasteiger partial charge < -0.3 is 4.42 Å². The van der Waals surface area contributed by atoms with Crippen LogP contribution >= 0.6 is 23.4 Å². The molecule has 0 aliphatic carbocycles. The Balaban J connectivity index is 2.22. The molecule has 1 aromatic rings. The fraction of sp³-hybridized carbons (Fsp3) is 0.600. The minimum absolute atomic E-state index is 0.0208. The van der Waals surface area contributed by atoms with Gasteiger partial charge in [0.15, 0.2) is 0 Å². The first kappa shape index (κ1) is 13.3. The van der Waals surface area contributed by atoms with Crippen LogP contribution in [0.4, 0.5) is 0 Å². The average molecular weight is 296 g/mol. The van der Waals surface area contributed by atoms with Crippen LogP contribution in [0.2, 0.25) is 0 Å². The summed E-state index contributed by atoms with van der Waals surface area (Å²) in [7, 11) is -1.91. The van der Waals surface area contributed by atoms with Crippen LogP contribution in [0.1, 0.15) is 12.2 Å². The molecular weight excluding hydrogens is 282 g/mol. The zero-order valence-electron chi connectivity index (χ0n) is 9.43. The molecule has 0 bridgehead atoms. The van der Waals surface area contributed by atoms with Gasteiger partial charge >= 0.3 is 0 Å². The highest BCUT2D eigenvalue weighted by Crippen LogP contribution is 2.27. The molecule has 1 saturated heterocycles. The van der Waals surface area contributed by atoms with Crippen molar-refractivity contribution in [1.29, 1.82) is 0 Å². The number of halogens is 1. The molecule has 1 atom stereocenters. The second kappa shape index (κ2) is 5.22. The highest BCUT2D eigenvalue weighted by atomic mass is 35.5. The molecule has 7 heteroatoms. The molecule has 2 rings (SSSR count). The normalized spacial score (nSPS) is 21.2. The summed E-state index contributed by atoms with van der Waals surface area (Å²) < 4.78 is 31.1. The van der Waals surface area contributed by atoms with E-state index in [1.807, 2.05) is 0 Å². The molecule has 1 fully saturated rings. The summed E-state index contributed by atoms with van der Waals surface area (Å²) in [6.07, 6.45) is 0.892. The predicted octanol–water partition coefficient (Wildman–Crippen LogP) is 2.14. The van der Waals surface area contributed by atoms with Gasteiger partial charge in [0.1, 0.15) is 5.76 Å². The first-order valence-corrected chi connectivity index (χ1v) is 8.39. The number of alkyl halides is 1. The van der Waals surface area contributed by atoms with E-state index in [2.05, 4.69) is 0 Å². The Kier molecular flexibility index (Phi) is 4.07. The summed E-state index contributed by atoms with van der Waals surface area (Å²) in [4.78, 5) is 0. The van der Waals surface area contributed by atoms with Crippen molar-refractivity contribution in [2.75, 3.05) is 18.6 Å². The molecule has 2 heterocycles. The number of hydrogen-bond donors (Lipinski definition) is 0. The van der Waals surface area contributed by atoms with Gasteiger partial charge in [0.25, 0.3) is 10.0 Å². The van der Waals surface area contributed by atoms with Crippen LogP contribution in [0.15, 0.2) is 21.6 Å². The lowest BCUT2D eigenvalue weighted by atomic mass is 10.3. The zero-order valence-corrected chi connectivity index (χ0v) is 11.8. The number of thioether (sulfide) groups is 1. The Morgan fingerprint density at radius 2 is 2.35 bits per heavy atom. The number of furan rings is 1. The van der Waals surface area contributed by atoms with Gasteiger partial charge in [-0.3, -0.25) is 0 Å². The first-order chi connectivity index (χ1) is 8.05. The minimum Gasteiger partial charge on any atom is -0.447 e. The van der Waals surface area contributed by atoms with Crippen LogP contribution in [-0.4, -0.2) is 37.3 Å². The fourth-order valence-corrected chi connectivity index (χ4v) is 4.53. The van der Waals surface area contributed by atoms with Crippen molar-refractivity contribution in [2.45, 2.75) is 23.4 Å². The third kappa shape index (κ3) is 2.65. The fourth-order valence-electron chi connectivity index (χ4n) is 1.72. The van der Waals surface area contributed by atoms with Crippen molar-refractivity contribution < 1.29 is 12.8 Å². The van der Waals surface area contributed by atoms with E-state index < -0.39 is 10.0 Å². The maximum absolute atomic E-state index is 12.2. The Labute approximate surface area is 110 Å². The van der Waals surface area contributed by atoms with Gasteiger partial charge in [0.2, 0.25) is 5.09 Å². The Hall–Kier alpha value is -0.170. The van der Waals surface area contributed by atoms with Crippen LogP contribution in [0.3, 0.4) is 0 Å². The maximum atomic E-state index is 12.2. The summed E-state index contributed by atoms with van der Waals surface area (Å²) in [5, 5.41) is -0.0208. The molecular formula is C10H14ClNO3S2. The van der Waals surface area contributed by atoms with Crippen molar-refractivity contribution in [3.8, 4) is 0 Å². The van der Waals surface area contributed by atoms with Gasteiger partial charge in [0.05, 0.1) is 5.88 Å². The lowest BCUT2D eigenvalue weighted by Crippen LogP contribution is -2.36. The van der Waals surface area contributed by atoms with Crippen molar-refractivity contribution in [2.24, 2.45) is 0 Å². The monoisotopic (exact) mass is 295 g/mol. The molecule has 0 radical (unpaired) electrons. The number of nitrogens with zero attached hydrogens (tertiary/aromatic N) is 1. The van der Waals surface area contributed by atoms with Crippen molar-refractivity contribution in [1.82, 2.24) is 4.31 Å². The Morgan fingerprint density at radius 3 is 2.88 bits per heavy atom. The molecule has 96 valence electrons. The summed E-state index contributed by atoms with van der Waals surface area (Å²) >= 11 is 7.37. The summed E-state index contributed by atoms with van der Waals surface area (Å²) in [6.45, 7) is 0. The van der Waals surface area contributed by atoms with E-state index in [4.69, 9.17) is 16.0 Å². The first-order valence-electron chi connectivity index (χ1n) is 5.26. The van der Waals surface area contributed by atoms with E-state index in [0.29, 0.717) is 5.76 Å². The molecule has 1 aliphatic rings. The molecule has 17 heavy (non-hydrogen) atoms. The standard InChI is InChI=1S/C10H14ClNO3S2/c1-12(8-4-5-16-7-8)17(13,14)10-3-2-9(6-11)15-10/h2-3,8H,4-7H2,1H3. The lowest BCUT2D eigenvalue weighted by molar-refractivity contribution is 0.362. The lowest BCUT2D eigenvalue weighted by Gasteiger charge is -2.21. The van der Waals surface area contributed by atoms with Crippen LogP contribution in [0.5, 0.6) is 0 Å². The smallest absolute Gasteiger partial charge is 0.276 e. The number of sulfonamides is 1. The molecule has 1 aliphatic heterocycles. The van der Waals surface area contributed by atoms with Gasteiger partial charge in [-0.2, -0.15) is 16.1 Å². The number of rotatable bonds is 4. The van der Waals surface area contributed by atoms with Crippen LogP contribution in [0, 0.1) is 0 Å². The quantitative estimate of drug-likeness (QED) is 0.799. The average Bonchev–Trinajstić information content (AvgIpc) is 2.98. The Bertz CT molecular complexity index is 479. The predicted molar refractivity (Wildman–Crippen MR) is 68.9 cm³/mol. The summed E-state index contributed by atoms with van der Waals surface area (Å²) in [6, 6.07) is 3.12. The largest absolute Gasteiger partial charge is 0.447 e. The van der Waals surface area contributed by atoms with E-state index in [1.54, 1.807) is 24.9 Å². The van der Waals surface area contributed by atoms with E-state index in [-0.39, 0.29) is 17.0 Å². The molecule has 0 N–H and O–H groups in total. The molecule has 0 amide bonds. The van der Waals surface area contributed by atoms with Gasteiger partial charge in [-0.25, -0.2) is 8.42 Å². The molecule has 0 saturated carbocycles. The molecule has 1 unspecified atom stereocenters. The van der Waals surface area contributed by atoms with Gasteiger partial charge in [-0.15, -0.1) is 11.6 Å². The van der Waals surface area contributed by atoms with Gasteiger partial charge in [-0.05, 0) is 24.3 Å². The molecule has 4 nitrogen and oxygen atoms in total. The highest BCUT2D eigenvalue weighted by Gasteiger charge is 2.32. The molecule has 0 aromatic carbocycles. The maximum Gasteiger partial charge on any atom is 0.276 e. The third-order valence-corrected chi connectivity index (χ3v) is 6.01. The zero-order chi connectivity index (χ0) is 12.5. The van der Waals surface area contributed by atoms with E-state index >= 15 is 0 Å². The topological polar surface area (TPSA) is 50.5 Å². The van der Waals surface area contributed by atoms with Crippen molar-refractivity contribution in [3.05, 3.63) is 17.9 Å². The van der Waals surface area contributed by atoms with E-state index in [9.17, 15) is 8.42 Å². The number of hydrogen-bond acceptors (Lipinski definition) is 4. The SMILES string of the molecule is CN(C1CCSC1)S(=O)(=O)c1ccc(CCl)o1.